The maximum atomic E-state index is 4.50. The van der Waals surface area contributed by atoms with Crippen molar-refractivity contribution in [2.24, 2.45) is 5.73 Å². The van der Waals surface area contributed by atoms with Gasteiger partial charge in [0.2, 0.25) is 0 Å². The maximum absolute atomic E-state index is 4.50. The lowest BCUT2D eigenvalue weighted by molar-refractivity contribution is 1.19. The molecule has 3 nitrogen and oxygen atoms in total. The molecule has 0 spiro atoms. The first-order valence-corrected chi connectivity index (χ1v) is 3.42. The van der Waals surface area contributed by atoms with Crippen LogP contribution in [0.3, 0.4) is 0 Å². The highest BCUT2D eigenvalue weighted by Crippen LogP contribution is 1.96. The Balaban J connectivity index is 0.000000281. The summed E-state index contributed by atoms with van der Waals surface area (Å²) in [5, 5.41) is 0. The van der Waals surface area contributed by atoms with Gasteiger partial charge in [-0.1, -0.05) is 6.07 Å². The van der Waals surface area contributed by atoms with Gasteiger partial charge < -0.3 is 10.1 Å². The topological polar surface area (TPSA) is 43.3 Å². The van der Waals surface area contributed by atoms with Crippen LogP contribution in [-0.4, -0.2) is 16.4 Å². The van der Waals surface area contributed by atoms with E-state index in [1.165, 1.54) is 7.05 Å². The monoisotopic (exact) mass is 149 g/mol. The molecule has 58 valence electrons. The number of nitrogens with two attached hydrogens (primary N) is 1. The van der Waals surface area contributed by atoms with Crippen LogP contribution in [0.15, 0.2) is 36.8 Å². The first-order chi connectivity index (χ1) is 5.47. The first kappa shape index (κ1) is 7.75. The molecule has 2 aromatic rings. The Morgan fingerprint density at radius 2 is 2.09 bits per heavy atom. The van der Waals surface area contributed by atoms with Crippen LogP contribution in [0.25, 0.3) is 5.65 Å². The summed E-state index contributed by atoms with van der Waals surface area (Å²) >= 11 is 0. The Morgan fingerprint density at radius 1 is 1.27 bits per heavy atom. The summed E-state index contributed by atoms with van der Waals surface area (Å²) in [6, 6.07) is 5.93. The van der Waals surface area contributed by atoms with Gasteiger partial charge in [-0.15, -0.1) is 0 Å². The molecular formula is C8H11N3. The normalized spacial score (nSPS) is 8.91. The number of hydrogen-bond acceptors (Lipinski definition) is 2. The second-order valence-electron chi connectivity index (χ2n) is 1.89. The minimum absolute atomic E-state index is 0.998. The van der Waals surface area contributed by atoms with Gasteiger partial charge in [-0.3, -0.25) is 0 Å². The predicted molar refractivity (Wildman–Crippen MR) is 45.3 cm³/mol. The molecule has 2 aromatic heterocycles. The summed E-state index contributed by atoms with van der Waals surface area (Å²) in [4.78, 5) is 4.08. The van der Waals surface area contributed by atoms with Gasteiger partial charge in [-0.25, -0.2) is 4.98 Å². The highest BCUT2D eigenvalue weighted by molar-refractivity contribution is 5.36. The van der Waals surface area contributed by atoms with Crippen LogP contribution in [0.4, 0.5) is 0 Å². The van der Waals surface area contributed by atoms with Crippen molar-refractivity contribution in [1.82, 2.24) is 9.38 Å². The molecule has 2 rings (SSSR count). The molecule has 0 fully saturated rings. The smallest absolute Gasteiger partial charge is 0.136 e. The van der Waals surface area contributed by atoms with Gasteiger partial charge in [-0.05, 0) is 19.2 Å². The zero-order chi connectivity index (χ0) is 8.10. The molecule has 2 N–H and O–H groups in total. The SMILES string of the molecule is CN.c1ccn2ccnc2c1. The number of hydrogen-bond donors (Lipinski definition) is 1. The number of nitrogens with zero attached hydrogens (tertiary/aromatic N) is 2. The second-order valence-corrected chi connectivity index (χ2v) is 1.89. The van der Waals surface area contributed by atoms with Gasteiger partial charge in [0.05, 0.1) is 0 Å². The van der Waals surface area contributed by atoms with Crippen LogP contribution < -0.4 is 5.73 Å². The van der Waals surface area contributed by atoms with Crippen LogP contribution in [0.2, 0.25) is 0 Å². The molecule has 0 unspecified atom stereocenters. The van der Waals surface area contributed by atoms with Crippen LogP contribution in [0.1, 0.15) is 0 Å². The molecule has 0 saturated carbocycles. The molecule has 0 bridgehead atoms. The van der Waals surface area contributed by atoms with Crippen LogP contribution in [0, 0.1) is 0 Å². The fraction of sp³-hybridized carbons (Fsp3) is 0.125. The lowest BCUT2D eigenvalue weighted by Crippen LogP contribution is -1.77. The van der Waals surface area contributed by atoms with Gasteiger partial charge in [0.1, 0.15) is 5.65 Å². The summed E-state index contributed by atoms with van der Waals surface area (Å²) < 4.78 is 1.97. The summed E-state index contributed by atoms with van der Waals surface area (Å²) in [5.41, 5.74) is 5.50. The van der Waals surface area contributed by atoms with E-state index in [2.05, 4.69) is 10.7 Å². The number of rotatable bonds is 0. The van der Waals surface area contributed by atoms with E-state index in [0.29, 0.717) is 0 Å². The molecule has 0 saturated heterocycles. The average Bonchev–Trinajstić information content (AvgIpc) is 2.55. The van der Waals surface area contributed by atoms with Crippen molar-refractivity contribution in [1.29, 1.82) is 0 Å². The number of pyridine rings is 1. The summed E-state index contributed by atoms with van der Waals surface area (Å²) in [6.45, 7) is 0. The number of fused-ring (bicyclic) bond motifs is 1. The van der Waals surface area contributed by atoms with Crippen LogP contribution in [-0.2, 0) is 0 Å². The molecule has 2 heterocycles. The fourth-order valence-electron chi connectivity index (χ4n) is 0.864. The molecule has 0 aliphatic rings. The Morgan fingerprint density at radius 3 is 2.82 bits per heavy atom. The molecule has 0 atom stereocenters. The average molecular weight is 149 g/mol. The molecule has 0 aromatic carbocycles. The molecule has 0 aliphatic carbocycles. The molecule has 0 amide bonds. The van der Waals surface area contributed by atoms with Crippen LogP contribution in [0.5, 0.6) is 0 Å². The third kappa shape index (κ3) is 1.56. The van der Waals surface area contributed by atoms with Gasteiger partial charge in [-0.2, -0.15) is 0 Å². The number of imidazole rings is 1. The molecular weight excluding hydrogens is 138 g/mol. The van der Waals surface area contributed by atoms with Crippen molar-refractivity contribution in [3.63, 3.8) is 0 Å². The van der Waals surface area contributed by atoms with E-state index in [-0.39, 0.29) is 0 Å². The van der Waals surface area contributed by atoms with E-state index < -0.39 is 0 Å². The second kappa shape index (κ2) is 3.73. The van der Waals surface area contributed by atoms with Crippen molar-refractivity contribution in [2.45, 2.75) is 0 Å². The van der Waals surface area contributed by atoms with Gasteiger partial charge in [0.25, 0.3) is 0 Å². The Bertz CT molecular complexity index is 283. The third-order valence-corrected chi connectivity index (χ3v) is 1.30. The van der Waals surface area contributed by atoms with E-state index in [9.17, 15) is 0 Å². The van der Waals surface area contributed by atoms with Gasteiger partial charge in [0.15, 0.2) is 0 Å². The minimum atomic E-state index is 0.998. The quantitative estimate of drug-likeness (QED) is 0.605. The van der Waals surface area contributed by atoms with E-state index in [1.54, 1.807) is 6.20 Å². The standard InChI is InChI=1S/C7H6N2.CH5N/c1-2-5-9-6-4-8-7(9)3-1;1-2/h1-6H;2H2,1H3. The van der Waals surface area contributed by atoms with E-state index in [0.717, 1.165) is 5.65 Å². The maximum Gasteiger partial charge on any atom is 0.136 e. The zero-order valence-corrected chi connectivity index (χ0v) is 6.44. The van der Waals surface area contributed by atoms with Gasteiger partial charge in [0, 0.05) is 18.6 Å². The Hall–Kier alpha value is -1.35. The molecule has 3 heteroatoms. The molecule has 0 aliphatic heterocycles. The van der Waals surface area contributed by atoms with Crippen molar-refractivity contribution < 1.29 is 0 Å². The summed E-state index contributed by atoms with van der Waals surface area (Å²) in [5.74, 6) is 0. The van der Waals surface area contributed by atoms with Crippen molar-refractivity contribution in [3.8, 4) is 0 Å². The Kier molecular flexibility index (Phi) is 2.63. The first-order valence-electron chi connectivity index (χ1n) is 3.42. The third-order valence-electron chi connectivity index (χ3n) is 1.30. The molecule has 11 heavy (non-hydrogen) atoms. The summed E-state index contributed by atoms with van der Waals surface area (Å²) in [7, 11) is 1.50. The fourth-order valence-corrected chi connectivity index (χ4v) is 0.864. The summed E-state index contributed by atoms with van der Waals surface area (Å²) in [6.07, 6.45) is 5.69. The van der Waals surface area contributed by atoms with Crippen molar-refractivity contribution >= 4 is 5.65 Å². The van der Waals surface area contributed by atoms with Crippen molar-refractivity contribution in [2.75, 3.05) is 7.05 Å². The number of aromatic nitrogens is 2. The van der Waals surface area contributed by atoms with E-state index >= 15 is 0 Å². The van der Waals surface area contributed by atoms with Crippen molar-refractivity contribution in [3.05, 3.63) is 36.8 Å². The highest BCUT2D eigenvalue weighted by Gasteiger charge is 1.85. The highest BCUT2D eigenvalue weighted by atomic mass is 15.0. The van der Waals surface area contributed by atoms with Crippen LogP contribution >= 0.6 is 0 Å². The lowest BCUT2D eigenvalue weighted by Gasteiger charge is -1.86. The van der Waals surface area contributed by atoms with E-state index in [4.69, 9.17) is 0 Å². The molecule has 0 radical (unpaired) electrons. The lowest BCUT2D eigenvalue weighted by atomic mass is 10.5. The van der Waals surface area contributed by atoms with E-state index in [1.807, 2.05) is 35.0 Å². The van der Waals surface area contributed by atoms with Gasteiger partial charge >= 0.3 is 0 Å². The minimum Gasteiger partial charge on any atom is -0.333 e. The zero-order valence-electron chi connectivity index (χ0n) is 6.44. The largest absolute Gasteiger partial charge is 0.333 e. The Labute approximate surface area is 65.5 Å². The predicted octanol–water partition coefficient (Wildman–Crippen LogP) is 0.909.